The predicted octanol–water partition coefficient (Wildman–Crippen LogP) is 16.2. The molecule has 326 valence electrons. The second-order valence-electron chi connectivity index (χ2n) is 15.5. The van der Waals surface area contributed by atoms with Gasteiger partial charge in [-0.05, 0) is 99.3 Å². The maximum absolute atomic E-state index is 10.1. The van der Waals surface area contributed by atoms with Crippen LogP contribution in [0.2, 0.25) is 0 Å². The number of aromatic hydroxyl groups is 5. The number of hydrogen-bond acceptors (Lipinski definition) is 11. The maximum atomic E-state index is 10.1. The fourth-order valence-electron chi connectivity index (χ4n) is 8.20. The molecule has 0 unspecified atom stereocenters. The van der Waals surface area contributed by atoms with Crippen molar-refractivity contribution >= 4 is 133 Å². The first-order valence-electron chi connectivity index (χ1n) is 20.8. The largest absolute Gasteiger partial charge is 0.503 e. The molecule has 0 saturated heterocycles. The third-order valence-electron chi connectivity index (χ3n) is 11.4. The molecule has 11 heteroatoms. The lowest BCUT2D eigenvalue weighted by Crippen LogP contribution is -1.92. The van der Waals surface area contributed by atoms with E-state index < -0.39 is 28.7 Å². The normalized spacial score (nSPS) is 11.2. The van der Waals surface area contributed by atoms with E-state index in [1.54, 1.807) is 17.4 Å². The zero-order chi connectivity index (χ0) is 45.9. The number of thiol groups is 2. The third-order valence-corrected chi connectivity index (χ3v) is 13.7. The van der Waals surface area contributed by atoms with Crippen LogP contribution in [-0.2, 0) is 0 Å². The van der Waals surface area contributed by atoms with E-state index >= 15 is 0 Å². The van der Waals surface area contributed by atoms with Crippen LogP contribution in [0.25, 0.3) is 75.1 Å². The zero-order valence-corrected chi connectivity index (χ0v) is 38.7. The molecule has 0 saturated carbocycles. The van der Waals surface area contributed by atoms with Crippen molar-refractivity contribution in [1.29, 1.82) is 0 Å². The molecule has 2 heterocycles. The van der Waals surface area contributed by atoms with E-state index in [1.807, 2.05) is 72.9 Å². The Morgan fingerprint density at radius 3 is 1.73 bits per heavy atom. The summed E-state index contributed by atoms with van der Waals surface area (Å²) in [6.45, 7) is 2.04. The van der Waals surface area contributed by atoms with Gasteiger partial charge in [0.2, 0.25) is 17.2 Å². The first-order valence-corrected chi connectivity index (χ1v) is 24.0. The molecule has 7 nitrogen and oxygen atoms in total. The van der Waals surface area contributed by atoms with E-state index in [1.165, 1.54) is 52.8 Å². The van der Waals surface area contributed by atoms with E-state index in [0.717, 1.165) is 37.5 Å². The van der Waals surface area contributed by atoms with Gasteiger partial charge in [0.1, 0.15) is 5.69 Å². The minimum Gasteiger partial charge on any atom is -0.503 e. The van der Waals surface area contributed by atoms with Crippen molar-refractivity contribution < 1.29 is 25.5 Å². The van der Waals surface area contributed by atoms with Gasteiger partial charge in [-0.25, -0.2) is 0 Å². The number of phenols is 5. The number of aryl methyl sites for hydroxylation is 1. The molecule has 9 aromatic carbocycles. The lowest BCUT2D eigenvalue weighted by molar-refractivity contribution is 0.330. The van der Waals surface area contributed by atoms with Crippen LogP contribution in [0, 0.1) is 6.92 Å². The van der Waals surface area contributed by atoms with Crippen molar-refractivity contribution in [2.24, 2.45) is 0 Å². The van der Waals surface area contributed by atoms with E-state index in [2.05, 4.69) is 155 Å². The van der Waals surface area contributed by atoms with Gasteiger partial charge in [-0.2, -0.15) is 0 Å². The average Bonchev–Trinajstić information content (AvgIpc) is 3.90. The molecular formula is C55H42N2O5S4. The Morgan fingerprint density at radius 2 is 1.02 bits per heavy atom. The first kappa shape index (κ1) is 43.9. The van der Waals surface area contributed by atoms with Crippen LogP contribution in [0.5, 0.6) is 28.7 Å². The van der Waals surface area contributed by atoms with Gasteiger partial charge in [0.05, 0.1) is 0 Å². The highest BCUT2D eigenvalue weighted by molar-refractivity contribution is 8.59. The molecular weight excluding hydrogens is 897 g/mol. The van der Waals surface area contributed by atoms with Crippen LogP contribution in [0.3, 0.4) is 0 Å². The van der Waals surface area contributed by atoms with Gasteiger partial charge >= 0.3 is 0 Å². The molecule has 2 aromatic heterocycles. The van der Waals surface area contributed by atoms with Crippen LogP contribution >= 0.6 is 46.0 Å². The summed E-state index contributed by atoms with van der Waals surface area (Å²) in [5.74, 6) is -4.38. The fourth-order valence-corrected chi connectivity index (χ4v) is 10.5. The third kappa shape index (κ3) is 8.65. The molecule has 11 rings (SSSR count). The number of hydrogen-bond donors (Lipinski definition) is 9. The van der Waals surface area contributed by atoms with Crippen LogP contribution in [0.15, 0.2) is 170 Å². The lowest BCUT2D eigenvalue weighted by Gasteiger charge is -2.14. The van der Waals surface area contributed by atoms with Crippen molar-refractivity contribution in [2.75, 3.05) is 10.6 Å². The number of thiophene rings is 2. The predicted molar refractivity (Wildman–Crippen MR) is 287 cm³/mol. The second kappa shape index (κ2) is 19.1. The van der Waals surface area contributed by atoms with Gasteiger partial charge in [0.25, 0.3) is 0 Å². The number of rotatable bonds is 7. The highest BCUT2D eigenvalue weighted by atomic mass is 33.1. The van der Waals surface area contributed by atoms with Gasteiger partial charge in [0.15, 0.2) is 11.5 Å². The van der Waals surface area contributed by atoms with Crippen LogP contribution in [-0.4, -0.2) is 25.5 Å². The Labute approximate surface area is 399 Å². The van der Waals surface area contributed by atoms with Gasteiger partial charge < -0.3 is 36.2 Å². The molecule has 0 aliphatic carbocycles. The summed E-state index contributed by atoms with van der Waals surface area (Å²) in [7, 11) is 0. The molecule has 7 N–H and O–H groups in total. The Bertz CT molecular complexity index is 3560. The van der Waals surface area contributed by atoms with Gasteiger partial charge in [-0.1, -0.05) is 133 Å². The SMILES string of the molecule is Cc1sc2ccc(Nc3c(O)c(O)c(O)c(O)c3O)cc2c1/C=C\c1ccccc1.SS.c1ccc(-c2cc(Nc3ccc4sc5c6ccccc6ccc5c4c3)cc3ccccc23)cc1. The van der Waals surface area contributed by atoms with E-state index in [4.69, 9.17) is 0 Å². The Balaban J connectivity index is 0.000000161. The Hall–Kier alpha value is -7.28. The van der Waals surface area contributed by atoms with E-state index in [9.17, 15) is 25.5 Å². The van der Waals surface area contributed by atoms with Crippen molar-refractivity contribution in [2.45, 2.75) is 6.92 Å². The number of benzene rings is 9. The lowest BCUT2D eigenvalue weighted by atomic mass is 9.97. The average molecular weight is 939 g/mol. The molecule has 0 spiro atoms. The quantitative estimate of drug-likeness (QED) is 0.0337. The maximum Gasteiger partial charge on any atom is 0.208 e. The fraction of sp³-hybridized carbons (Fsp3) is 0.0182. The summed E-state index contributed by atoms with van der Waals surface area (Å²) < 4.78 is 3.75. The van der Waals surface area contributed by atoms with Gasteiger partial charge in [-0.15, -0.1) is 46.0 Å². The summed E-state index contributed by atoms with van der Waals surface area (Å²) in [6.07, 6.45) is 4.07. The topological polar surface area (TPSA) is 125 Å². The number of anilines is 4. The molecule has 0 bridgehead atoms. The summed E-state index contributed by atoms with van der Waals surface area (Å²) in [5, 5.41) is 64.4. The summed E-state index contributed by atoms with van der Waals surface area (Å²) >= 11 is 9.98. The van der Waals surface area contributed by atoms with Gasteiger partial charge in [-0.3, -0.25) is 0 Å². The molecule has 0 atom stereocenters. The van der Waals surface area contributed by atoms with Crippen LogP contribution in [0.1, 0.15) is 16.0 Å². The first-order chi connectivity index (χ1) is 32.2. The Morgan fingerprint density at radius 1 is 0.439 bits per heavy atom. The molecule has 0 fully saturated rings. The number of phenolic OH excluding ortho intramolecular Hbond substituents is 5. The van der Waals surface area contributed by atoms with Crippen molar-refractivity contribution in [3.63, 3.8) is 0 Å². The summed E-state index contributed by atoms with van der Waals surface area (Å²) in [5.41, 5.74) is 7.02. The van der Waals surface area contributed by atoms with Crippen LogP contribution < -0.4 is 10.6 Å². The Kier molecular flexibility index (Phi) is 12.7. The standard InChI is InChI=1S/C32H21NS.C23H19NO5S.H2S2/c1-2-8-21(9-3-1)29-20-25(18-23-11-5-6-12-26(23)29)33-24-15-17-31-30(19-24)28-16-14-22-10-4-7-13-27(22)32(28)34-31;1-12-15(9-7-13-5-3-2-4-6-13)16-11-14(8-10-17(16)30-12)24-18-19(25)21(27)23(29)22(28)20(18)26;1-2/h1-20,33H;2-11,24-29H,1H3;1-2H/b;9-7-;. The molecule has 66 heavy (non-hydrogen) atoms. The number of fused-ring (bicyclic) bond motifs is 7. The number of nitrogens with one attached hydrogen (secondary N) is 2. The van der Waals surface area contributed by atoms with Crippen molar-refractivity contribution in [3.8, 4) is 39.9 Å². The van der Waals surface area contributed by atoms with E-state index in [0.29, 0.717) is 5.69 Å². The molecule has 11 aromatic rings. The monoisotopic (exact) mass is 938 g/mol. The minimum absolute atomic E-state index is 0.310. The smallest absolute Gasteiger partial charge is 0.208 e. The zero-order valence-electron chi connectivity index (χ0n) is 35.3. The molecule has 0 aliphatic rings. The summed E-state index contributed by atoms with van der Waals surface area (Å²) in [4.78, 5) is 1.14. The van der Waals surface area contributed by atoms with E-state index in [-0.39, 0.29) is 5.69 Å². The molecule has 0 radical (unpaired) electrons. The van der Waals surface area contributed by atoms with Gasteiger partial charge in [0, 0.05) is 52.2 Å². The highest BCUT2D eigenvalue weighted by Gasteiger charge is 2.23. The summed E-state index contributed by atoms with van der Waals surface area (Å²) in [6, 6.07) is 59.1. The second-order valence-corrected chi connectivity index (χ2v) is 17.8. The van der Waals surface area contributed by atoms with Crippen LogP contribution in [0.4, 0.5) is 22.7 Å². The van der Waals surface area contributed by atoms with Crippen molar-refractivity contribution in [3.05, 3.63) is 186 Å². The minimum atomic E-state index is -0.993. The molecule has 0 aliphatic heterocycles. The molecule has 0 amide bonds. The van der Waals surface area contributed by atoms with Crippen molar-refractivity contribution in [1.82, 2.24) is 0 Å². The highest BCUT2D eigenvalue weighted by Crippen LogP contribution is 2.54.